The van der Waals surface area contributed by atoms with Crippen LogP contribution >= 0.6 is 0 Å². The molecule has 2 rings (SSSR count). The summed E-state index contributed by atoms with van der Waals surface area (Å²) in [6.07, 6.45) is 2.55. The van der Waals surface area contributed by atoms with Crippen LogP contribution in [0.25, 0.3) is 5.65 Å². The second-order valence-corrected chi connectivity index (χ2v) is 3.25. The quantitative estimate of drug-likeness (QED) is 0.607. The lowest BCUT2D eigenvalue weighted by molar-refractivity contribution is -0.384. The van der Waals surface area contributed by atoms with Gasteiger partial charge in [0, 0.05) is 11.8 Å². The molecule has 2 aromatic rings. The van der Waals surface area contributed by atoms with Crippen molar-refractivity contribution in [2.45, 2.75) is 6.92 Å². The van der Waals surface area contributed by atoms with E-state index in [1.807, 2.05) is 0 Å². The highest BCUT2D eigenvalue weighted by Crippen LogP contribution is 2.23. The molecule has 0 saturated heterocycles. The van der Waals surface area contributed by atoms with E-state index in [2.05, 4.69) is 4.98 Å². The van der Waals surface area contributed by atoms with Crippen molar-refractivity contribution in [3.05, 3.63) is 39.8 Å². The van der Waals surface area contributed by atoms with E-state index in [9.17, 15) is 14.9 Å². The summed E-state index contributed by atoms with van der Waals surface area (Å²) in [7, 11) is 0. The van der Waals surface area contributed by atoms with Crippen LogP contribution in [0, 0.1) is 17.0 Å². The van der Waals surface area contributed by atoms with Gasteiger partial charge in [0.1, 0.15) is 0 Å². The average molecular weight is 221 g/mol. The molecule has 0 bridgehead atoms. The summed E-state index contributed by atoms with van der Waals surface area (Å²) in [5.41, 5.74) is 0.218. The molecule has 0 amide bonds. The van der Waals surface area contributed by atoms with Crippen LogP contribution in [0.5, 0.6) is 0 Å². The summed E-state index contributed by atoms with van der Waals surface area (Å²) in [6.45, 7) is 1.58. The summed E-state index contributed by atoms with van der Waals surface area (Å²) in [4.78, 5) is 24.8. The standard InChI is InChI=1S/C9H7N3O4/c1-5-2-3-11-6(9(13)14)4-10-8(11)7(5)12(15)16/h2-4H,1H3,(H,13,14). The monoisotopic (exact) mass is 221 g/mol. The number of hydrogen-bond acceptors (Lipinski definition) is 4. The van der Waals surface area contributed by atoms with Crippen molar-refractivity contribution in [1.82, 2.24) is 9.38 Å². The lowest BCUT2D eigenvalue weighted by atomic mass is 10.2. The number of carboxylic acid groups (broad SMARTS) is 1. The van der Waals surface area contributed by atoms with Crippen molar-refractivity contribution < 1.29 is 14.8 Å². The van der Waals surface area contributed by atoms with Crippen LogP contribution in [0.1, 0.15) is 16.1 Å². The third-order valence-corrected chi connectivity index (χ3v) is 2.26. The minimum atomic E-state index is -1.18. The Balaban J connectivity index is 2.86. The molecule has 0 aliphatic rings. The van der Waals surface area contributed by atoms with E-state index in [0.717, 1.165) is 6.20 Å². The molecule has 0 aliphatic heterocycles. The molecule has 82 valence electrons. The number of aromatic nitrogens is 2. The van der Waals surface area contributed by atoms with E-state index in [0.29, 0.717) is 5.56 Å². The molecule has 7 heteroatoms. The first-order valence-electron chi connectivity index (χ1n) is 4.36. The number of aromatic carboxylic acids is 1. The Kier molecular flexibility index (Phi) is 2.08. The van der Waals surface area contributed by atoms with Crippen molar-refractivity contribution in [2.75, 3.05) is 0 Å². The maximum atomic E-state index is 10.8. The van der Waals surface area contributed by atoms with Gasteiger partial charge in [-0.15, -0.1) is 0 Å². The third kappa shape index (κ3) is 1.29. The van der Waals surface area contributed by atoms with Crippen LogP contribution in [-0.4, -0.2) is 25.4 Å². The lowest BCUT2D eigenvalue weighted by Crippen LogP contribution is -2.03. The zero-order chi connectivity index (χ0) is 11.9. The molecule has 0 atom stereocenters. The van der Waals surface area contributed by atoms with E-state index in [4.69, 9.17) is 5.11 Å². The maximum Gasteiger partial charge on any atom is 0.354 e. The van der Waals surface area contributed by atoms with E-state index >= 15 is 0 Å². The Labute approximate surface area is 89.1 Å². The number of carbonyl (C=O) groups is 1. The number of imidazole rings is 1. The van der Waals surface area contributed by atoms with Crippen molar-refractivity contribution in [1.29, 1.82) is 0 Å². The van der Waals surface area contributed by atoms with E-state index in [1.165, 1.54) is 16.7 Å². The molecule has 7 nitrogen and oxygen atoms in total. The topological polar surface area (TPSA) is 97.7 Å². The Morgan fingerprint density at radius 3 is 2.88 bits per heavy atom. The van der Waals surface area contributed by atoms with E-state index in [-0.39, 0.29) is 17.0 Å². The molecule has 16 heavy (non-hydrogen) atoms. The highest BCUT2D eigenvalue weighted by molar-refractivity contribution is 5.87. The maximum absolute atomic E-state index is 10.8. The Bertz CT molecular complexity index is 602. The molecular weight excluding hydrogens is 214 g/mol. The van der Waals surface area contributed by atoms with Crippen molar-refractivity contribution >= 4 is 17.3 Å². The van der Waals surface area contributed by atoms with Gasteiger partial charge in [0.15, 0.2) is 5.69 Å². The van der Waals surface area contributed by atoms with Gasteiger partial charge in [-0.1, -0.05) is 0 Å². The van der Waals surface area contributed by atoms with Crippen LogP contribution in [0.4, 0.5) is 5.69 Å². The van der Waals surface area contributed by atoms with Crippen LogP contribution in [0.2, 0.25) is 0 Å². The molecular formula is C9H7N3O4. The highest BCUT2D eigenvalue weighted by Gasteiger charge is 2.21. The first-order chi connectivity index (χ1) is 7.52. The number of hydrogen-bond donors (Lipinski definition) is 1. The van der Waals surface area contributed by atoms with Gasteiger partial charge in [-0.25, -0.2) is 9.78 Å². The summed E-state index contributed by atoms with van der Waals surface area (Å²) in [5.74, 6) is -1.18. The Morgan fingerprint density at radius 1 is 1.62 bits per heavy atom. The minimum absolute atomic E-state index is 0.0439. The SMILES string of the molecule is Cc1ccn2c(C(=O)O)cnc2c1[N+](=O)[O-]. The van der Waals surface area contributed by atoms with Gasteiger partial charge >= 0.3 is 11.7 Å². The fraction of sp³-hybridized carbons (Fsp3) is 0.111. The van der Waals surface area contributed by atoms with Crippen molar-refractivity contribution in [3.63, 3.8) is 0 Å². The van der Waals surface area contributed by atoms with Gasteiger partial charge < -0.3 is 5.11 Å². The summed E-state index contributed by atoms with van der Waals surface area (Å²) < 4.78 is 1.19. The molecule has 0 fully saturated rings. The van der Waals surface area contributed by atoms with Crippen molar-refractivity contribution in [3.8, 4) is 0 Å². The molecule has 2 heterocycles. The Hall–Kier alpha value is -2.44. The number of aryl methyl sites for hydroxylation is 1. The molecule has 0 spiro atoms. The van der Waals surface area contributed by atoms with Gasteiger partial charge in [-0.05, 0) is 13.0 Å². The highest BCUT2D eigenvalue weighted by atomic mass is 16.6. The molecule has 2 aromatic heterocycles. The number of carboxylic acids is 1. The first-order valence-corrected chi connectivity index (χ1v) is 4.36. The Morgan fingerprint density at radius 2 is 2.31 bits per heavy atom. The second-order valence-electron chi connectivity index (χ2n) is 3.25. The second kappa shape index (κ2) is 3.30. The van der Waals surface area contributed by atoms with Gasteiger partial charge in [0.05, 0.1) is 11.1 Å². The fourth-order valence-electron chi connectivity index (χ4n) is 1.51. The van der Waals surface area contributed by atoms with Crippen LogP contribution in [-0.2, 0) is 0 Å². The summed E-state index contributed by atoms with van der Waals surface area (Å²) >= 11 is 0. The van der Waals surface area contributed by atoms with Crippen LogP contribution < -0.4 is 0 Å². The molecule has 0 radical (unpaired) electrons. The van der Waals surface area contributed by atoms with Crippen LogP contribution in [0.3, 0.4) is 0 Å². The average Bonchev–Trinajstić information content (AvgIpc) is 2.59. The van der Waals surface area contributed by atoms with E-state index < -0.39 is 10.9 Å². The predicted molar refractivity (Wildman–Crippen MR) is 53.5 cm³/mol. The number of nitro groups is 1. The third-order valence-electron chi connectivity index (χ3n) is 2.26. The molecule has 1 N–H and O–H groups in total. The number of pyridine rings is 1. The molecule has 0 unspecified atom stereocenters. The first kappa shape index (κ1) is 10.1. The van der Waals surface area contributed by atoms with E-state index in [1.54, 1.807) is 6.92 Å². The number of fused-ring (bicyclic) bond motifs is 1. The normalized spacial score (nSPS) is 10.6. The zero-order valence-corrected chi connectivity index (χ0v) is 8.25. The summed E-state index contributed by atoms with van der Waals surface area (Å²) in [5, 5.41) is 19.7. The van der Waals surface area contributed by atoms with Gasteiger partial charge in [-0.2, -0.15) is 0 Å². The number of nitrogens with zero attached hydrogens (tertiary/aromatic N) is 3. The fourth-order valence-corrected chi connectivity index (χ4v) is 1.51. The summed E-state index contributed by atoms with van der Waals surface area (Å²) in [6, 6.07) is 1.49. The molecule has 0 aliphatic carbocycles. The van der Waals surface area contributed by atoms with Crippen LogP contribution in [0.15, 0.2) is 18.5 Å². The number of rotatable bonds is 2. The van der Waals surface area contributed by atoms with Gasteiger partial charge in [-0.3, -0.25) is 14.5 Å². The lowest BCUT2D eigenvalue weighted by Gasteiger charge is -2.00. The smallest absolute Gasteiger partial charge is 0.354 e. The predicted octanol–water partition coefficient (Wildman–Crippen LogP) is 1.25. The van der Waals surface area contributed by atoms with Crippen molar-refractivity contribution in [2.24, 2.45) is 0 Å². The van der Waals surface area contributed by atoms with Gasteiger partial charge in [0.2, 0.25) is 5.65 Å². The molecule has 0 saturated carbocycles. The molecule has 0 aromatic carbocycles. The zero-order valence-electron chi connectivity index (χ0n) is 8.25. The largest absolute Gasteiger partial charge is 0.477 e. The minimum Gasteiger partial charge on any atom is -0.477 e. The van der Waals surface area contributed by atoms with Gasteiger partial charge in [0.25, 0.3) is 0 Å².